The SMILES string of the molecule is Cc1c(CN)cccc1S(=O)(=O)N1CCN(C(C)C)CC1. The van der Waals surface area contributed by atoms with Crippen LogP contribution in [-0.4, -0.2) is 49.8 Å². The average Bonchev–Trinajstić information content (AvgIpc) is 2.47. The molecule has 0 aromatic heterocycles. The van der Waals surface area contributed by atoms with Crippen LogP contribution in [0, 0.1) is 6.92 Å². The first-order valence-electron chi connectivity index (χ1n) is 7.40. The molecular formula is C15H25N3O2S. The molecule has 0 unspecified atom stereocenters. The Balaban J connectivity index is 2.24. The molecule has 0 amide bonds. The van der Waals surface area contributed by atoms with Crippen molar-refractivity contribution in [3.63, 3.8) is 0 Å². The monoisotopic (exact) mass is 311 g/mol. The van der Waals surface area contributed by atoms with Crippen molar-refractivity contribution in [2.75, 3.05) is 26.2 Å². The van der Waals surface area contributed by atoms with Gasteiger partial charge in [0.2, 0.25) is 10.0 Å². The Kier molecular flexibility index (Phi) is 5.03. The van der Waals surface area contributed by atoms with E-state index in [0.29, 0.717) is 30.6 Å². The summed E-state index contributed by atoms with van der Waals surface area (Å²) in [6, 6.07) is 5.79. The van der Waals surface area contributed by atoms with Gasteiger partial charge in [-0.15, -0.1) is 0 Å². The zero-order chi connectivity index (χ0) is 15.6. The Morgan fingerprint density at radius 1 is 1.19 bits per heavy atom. The maximum absolute atomic E-state index is 12.8. The summed E-state index contributed by atoms with van der Waals surface area (Å²) in [4.78, 5) is 2.69. The second-order valence-corrected chi connectivity index (χ2v) is 7.68. The van der Waals surface area contributed by atoms with Crippen molar-refractivity contribution in [2.45, 2.75) is 38.3 Å². The van der Waals surface area contributed by atoms with Crippen LogP contribution in [0.4, 0.5) is 0 Å². The van der Waals surface area contributed by atoms with Crippen molar-refractivity contribution in [2.24, 2.45) is 5.73 Å². The minimum atomic E-state index is -3.42. The fourth-order valence-corrected chi connectivity index (χ4v) is 4.45. The Bertz CT molecular complexity index is 591. The molecule has 1 aliphatic heterocycles. The van der Waals surface area contributed by atoms with E-state index in [9.17, 15) is 8.42 Å². The highest BCUT2D eigenvalue weighted by atomic mass is 32.2. The topological polar surface area (TPSA) is 66.6 Å². The van der Waals surface area contributed by atoms with Crippen LogP contribution in [0.2, 0.25) is 0 Å². The number of hydrogen-bond acceptors (Lipinski definition) is 4. The fourth-order valence-electron chi connectivity index (χ4n) is 2.76. The number of sulfonamides is 1. The van der Waals surface area contributed by atoms with E-state index in [2.05, 4.69) is 18.7 Å². The van der Waals surface area contributed by atoms with Gasteiger partial charge in [-0.1, -0.05) is 12.1 Å². The molecule has 1 saturated heterocycles. The van der Waals surface area contributed by atoms with Gasteiger partial charge in [0.25, 0.3) is 0 Å². The molecular weight excluding hydrogens is 286 g/mol. The maximum atomic E-state index is 12.8. The van der Waals surface area contributed by atoms with E-state index in [1.807, 2.05) is 13.0 Å². The van der Waals surface area contributed by atoms with E-state index in [1.165, 1.54) is 0 Å². The third-order valence-corrected chi connectivity index (χ3v) is 6.28. The zero-order valence-electron chi connectivity index (χ0n) is 13.0. The number of nitrogens with zero attached hydrogens (tertiary/aromatic N) is 2. The standard InChI is InChI=1S/C15H25N3O2S/c1-12(2)17-7-9-18(10-8-17)21(19,20)15-6-4-5-14(11-16)13(15)3/h4-6,12H,7-11,16H2,1-3H3. The molecule has 2 N–H and O–H groups in total. The Morgan fingerprint density at radius 2 is 1.81 bits per heavy atom. The molecule has 0 spiro atoms. The maximum Gasteiger partial charge on any atom is 0.243 e. The third kappa shape index (κ3) is 3.29. The number of nitrogens with two attached hydrogens (primary N) is 1. The molecule has 2 rings (SSSR count). The van der Waals surface area contributed by atoms with Gasteiger partial charge in [-0.3, -0.25) is 4.90 Å². The number of hydrogen-bond donors (Lipinski definition) is 1. The van der Waals surface area contributed by atoms with Crippen LogP contribution >= 0.6 is 0 Å². The third-order valence-electron chi connectivity index (χ3n) is 4.24. The second-order valence-electron chi connectivity index (χ2n) is 5.78. The molecule has 0 atom stereocenters. The van der Waals surface area contributed by atoms with E-state index >= 15 is 0 Å². The van der Waals surface area contributed by atoms with Gasteiger partial charge in [0.15, 0.2) is 0 Å². The minimum Gasteiger partial charge on any atom is -0.326 e. The highest BCUT2D eigenvalue weighted by Gasteiger charge is 2.30. The summed E-state index contributed by atoms with van der Waals surface area (Å²) in [5.41, 5.74) is 7.33. The van der Waals surface area contributed by atoms with Crippen LogP contribution in [0.3, 0.4) is 0 Å². The van der Waals surface area contributed by atoms with Gasteiger partial charge in [-0.2, -0.15) is 4.31 Å². The molecule has 0 radical (unpaired) electrons. The number of rotatable bonds is 4. The summed E-state index contributed by atoms with van der Waals surface area (Å²) in [7, 11) is -3.42. The smallest absolute Gasteiger partial charge is 0.243 e. The zero-order valence-corrected chi connectivity index (χ0v) is 13.9. The van der Waals surface area contributed by atoms with E-state index in [4.69, 9.17) is 5.73 Å². The quantitative estimate of drug-likeness (QED) is 0.906. The molecule has 0 saturated carbocycles. The molecule has 5 nitrogen and oxygen atoms in total. The fraction of sp³-hybridized carbons (Fsp3) is 0.600. The second kappa shape index (κ2) is 6.44. The lowest BCUT2D eigenvalue weighted by molar-refractivity contribution is 0.154. The first-order chi connectivity index (χ1) is 9.87. The molecule has 6 heteroatoms. The molecule has 1 heterocycles. The molecule has 21 heavy (non-hydrogen) atoms. The number of piperazine rings is 1. The largest absolute Gasteiger partial charge is 0.326 e. The van der Waals surface area contributed by atoms with Crippen LogP contribution in [0.1, 0.15) is 25.0 Å². The first kappa shape index (κ1) is 16.4. The lowest BCUT2D eigenvalue weighted by atomic mass is 10.1. The summed E-state index contributed by atoms with van der Waals surface area (Å²) in [5.74, 6) is 0. The molecule has 1 aliphatic rings. The predicted octanol–water partition coefficient (Wildman–Crippen LogP) is 1.17. The number of benzene rings is 1. The van der Waals surface area contributed by atoms with Gasteiger partial charge in [-0.25, -0.2) is 8.42 Å². The molecule has 1 aromatic rings. The van der Waals surface area contributed by atoms with Crippen LogP contribution in [0.25, 0.3) is 0 Å². The Morgan fingerprint density at radius 3 is 2.33 bits per heavy atom. The predicted molar refractivity (Wildman–Crippen MR) is 84.5 cm³/mol. The Hall–Kier alpha value is -0.950. The molecule has 0 bridgehead atoms. The molecule has 1 fully saturated rings. The van der Waals surface area contributed by atoms with E-state index in [1.54, 1.807) is 16.4 Å². The highest BCUT2D eigenvalue weighted by Crippen LogP contribution is 2.23. The van der Waals surface area contributed by atoms with Crippen LogP contribution in [0.5, 0.6) is 0 Å². The lowest BCUT2D eigenvalue weighted by Crippen LogP contribution is -2.50. The van der Waals surface area contributed by atoms with Crippen molar-refractivity contribution in [1.82, 2.24) is 9.21 Å². The Labute approximate surface area is 127 Å². The van der Waals surface area contributed by atoms with Gasteiger partial charge in [-0.05, 0) is 38.0 Å². The molecule has 1 aromatic carbocycles. The van der Waals surface area contributed by atoms with Crippen molar-refractivity contribution in [3.05, 3.63) is 29.3 Å². The van der Waals surface area contributed by atoms with Crippen molar-refractivity contribution in [3.8, 4) is 0 Å². The van der Waals surface area contributed by atoms with Gasteiger partial charge in [0.05, 0.1) is 4.90 Å². The van der Waals surface area contributed by atoms with Crippen molar-refractivity contribution >= 4 is 10.0 Å². The van der Waals surface area contributed by atoms with Gasteiger partial charge < -0.3 is 5.73 Å². The van der Waals surface area contributed by atoms with Crippen LogP contribution in [-0.2, 0) is 16.6 Å². The normalized spacial score (nSPS) is 18.3. The van der Waals surface area contributed by atoms with Crippen molar-refractivity contribution < 1.29 is 8.42 Å². The van der Waals surface area contributed by atoms with Crippen LogP contribution < -0.4 is 5.73 Å². The summed E-state index contributed by atoms with van der Waals surface area (Å²) in [6.07, 6.45) is 0. The first-order valence-corrected chi connectivity index (χ1v) is 8.84. The summed E-state index contributed by atoms with van der Waals surface area (Å²) in [5, 5.41) is 0. The highest BCUT2D eigenvalue weighted by molar-refractivity contribution is 7.89. The van der Waals surface area contributed by atoms with Crippen molar-refractivity contribution in [1.29, 1.82) is 0 Å². The summed E-state index contributed by atoms with van der Waals surface area (Å²) in [6.45, 7) is 9.13. The molecule has 118 valence electrons. The van der Waals surface area contributed by atoms with E-state index < -0.39 is 10.0 Å². The van der Waals surface area contributed by atoms with Gasteiger partial charge >= 0.3 is 0 Å². The average molecular weight is 311 g/mol. The minimum absolute atomic E-state index is 0.357. The summed E-state index contributed by atoms with van der Waals surface area (Å²) < 4.78 is 27.2. The van der Waals surface area contributed by atoms with E-state index in [0.717, 1.165) is 24.2 Å². The molecule has 0 aliphatic carbocycles. The van der Waals surface area contributed by atoms with Gasteiger partial charge in [0, 0.05) is 38.8 Å². The van der Waals surface area contributed by atoms with Crippen LogP contribution in [0.15, 0.2) is 23.1 Å². The van der Waals surface area contributed by atoms with Gasteiger partial charge in [0.1, 0.15) is 0 Å². The lowest BCUT2D eigenvalue weighted by Gasteiger charge is -2.36. The van der Waals surface area contributed by atoms with E-state index in [-0.39, 0.29) is 0 Å². The summed E-state index contributed by atoms with van der Waals surface area (Å²) >= 11 is 0.